The zero-order valence-electron chi connectivity index (χ0n) is 10.1. The first-order chi connectivity index (χ1) is 7.19. The Morgan fingerprint density at radius 3 is 2.73 bits per heavy atom. The third-order valence-corrected chi connectivity index (χ3v) is 2.70. The van der Waals surface area contributed by atoms with Crippen molar-refractivity contribution in [3.63, 3.8) is 0 Å². The highest BCUT2D eigenvalue weighted by molar-refractivity contribution is 5.54. The van der Waals surface area contributed by atoms with Crippen molar-refractivity contribution < 1.29 is 0 Å². The Bertz CT molecular complexity index is 328. The molecule has 1 aromatic carbocycles. The molecule has 0 spiro atoms. The van der Waals surface area contributed by atoms with Crippen LogP contribution in [0.3, 0.4) is 0 Å². The third kappa shape index (κ3) is 3.12. The first kappa shape index (κ1) is 11.8. The van der Waals surface area contributed by atoms with E-state index in [0.717, 1.165) is 19.4 Å². The molecule has 1 aromatic rings. The molecule has 0 N–H and O–H groups in total. The molecule has 0 aliphatic heterocycles. The second kappa shape index (κ2) is 5.59. The molecule has 1 heteroatoms. The van der Waals surface area contributed by atoms with Crippen molar-refractivity contribution in [3.05, 3.63) is 42.0 Å². The lowest BCUT2D eigenvalue weighted by Gasteiger charge is -2.22. The van der Waals surface area contributed by atoms with Crippen LogP contribution in [0.15, 0.2) is 30.9 Å². The summed E-state index contributed by atoms with van der Waals surface area (Å²) in [5.74, 6) is 0. The highest BCUT2D eigenvalue weighted by Gasteiger charge is 2.05. The van der Waals surface area contributed by atoms with Gasteiger partial charge in [0, 0.05) is 19.3 Å². The number of rotatable bonds is 5. The van der Waals surface area contributed by atoms with Gasteiger partial charge in [-0.15, -0.1) is 6.58 Å². The van der Waals surface area contributed by atoms with Crippen LogP contribution in [0.25, 0.3) is 0 Å². The van der Waals surface area contributed by atoms with E-state index in [1.54, 1.807) is 0 Å². The molecule has 0 saturated heterocycles. The van der Waals surface area contributed by atoms with E-state index >= 15 is 0 Å². The van der Waals surface area contributed by atoms with Gasteiger partial charge in [-0.05, 0) is 31.4 Å². The first-order valence-electron chi connectivity index (χ1n) is 5.60. The maximum Gasteiger partial charge on any atom is 0.0396 e. The van der Waals surface area contributed by atoms with Crippen molar-refractivity contribution in [1.29, 1.82) is 0 Å². The molecular weight excluding hydrogens is 182 g/mol. The Morgan fingerprint density at radius 1 is 1.40 bits per heavy atom. The molecule has 1 nitrogen and oxygen atoms in total. The Labute approximate surface area is 93.4 Å². The molecule has 0 aliphatic rings. The second-order valence-corrected chi connectivity index (χ2v) is 3.98. The van der Waals surface area contributed by atoms with Gasteiger partial charge in [0.1, 0.15) is 0 Å². The fourth-order valence-corrected chi connectivity index (χ4v) is 1.78. The smallest absolute Gasteiger partial charge is 0.0396 e. The molecule has 0 fully saturated rings. The van der Waals surface area contributed by atoms with Gasteiger partial charge in [0.15, 0.2) is 0 Å². The highest BCUT2D eigenvalue weighted by Crippen LogP contribution is 2.21. The molecule has 0 bridgehead atoms. The van der Waals surface area contributed by atoms with Crippen LogP contribution in [0.5, 0.6) is 0 Å². The third-order valence-electron chi connectivity index (χ3n) is 2.70. The number of anilines is 1. The maximum atomic E-state index is 3.76. The van der Waals surface area contributed by atoms with Crippen molar-refractivity contribution in [2.75, 3.05) is 18.5 Å². The summed E-state index contributed by atoms with van der Waals surface area (Å²) in [5, 5.41) is 0. The fraction of sp³-hybridized carbons (Fsp3) is 0.429. The molecular formula is C14H21N. The van der Waals surface area contributed by atoms with Gasteiger partial charge in [-0.1, -0.05) is 30.7 Å². The van der Waals surface area contributed by atoms with Crippen molar-refractivity contribution in [2.45, 2.75) is 26.7 Å². The minimum atomic E-state index is 1.04. The first-order valence-corrected chi connectivity index (χ1v) is 5.60. The fourth-order valence-electron chi connectivity index (χ4n) is 1.78. The van der Waals surface area contributed by atoms with Gasteiger partial charge in [-0.3, -0.25) is 0 Å². The second-order valence-electron chi connectivity index (χ2n) is 3.98. The predicted octanol–water partition coefficient (Wildman–Crippen LogP) is 3.57. The zero-order valence-corrected chi connectivity index (χ0v) is 10.1. The quantitative estimate of drug-likeness (QED) is 0.661. The van der Waals surface area contributed by atoms with Gasteiger partial charge < -0.3 is 4.90 Å². The molecule has 82 valence electrons. The van der Waals surface area contributed by atoms with Crippen LogP contribution in [0.1, 0.15) is 24.5 Å². The lowest BCUT2D eigenvalue weighted by Crippen LogP contribution is -2.19. The predicted molar refractivity (Wildman–Crippen MR) is 68.6 cm³/mol. The van der Waals surface area contributed by atoms with Crippen LogP contribution < -0.4 is 4.90 Å². The molecule has 15 heavy (non-hydrogen) atoms. The monoisotopic (exact) mass is 203 g/mol. The minimum absolute atomic E-state index is 1.04. The summed E-state index contributed by atoms with van der Waals surface area (Å²) in [6, 6.07) is 6.68. The van der Waals surface area contributed by atoms with Crippen LogP contribution >= 0.6 is 0 Å². The molecule has 0 saturated carbocycles. The van der Waals surface area contributed by atoms with E-state index in [9.17, 15) is 0 Å². The average molecular weight is 203 g/mol. The van der Waals surface area contributed by atoms with Gasteiger partial charge in [0.25, 0.3) is 0 Å². The summed E-state index contributed by atoms with van der Waals surface area (Å²) in [5.41, 5.74) is 4.12. The SMILES string of the molecule is C=CCCN(C)c1ccc(C)cc1CC. The van der Waals surface area contributed by atoms with E-state index < -0.39 is 0 Å². The van der Waals surface area contributed by atoms with E-state index in [0.29, 0.717) is 0 Å². The molecule has 0 amide bonds. The van der Waals surface area contributed by atoms with Crippen LogP contribution in [-0.4, -0.2) is 13.6 Å². The Hall–Kier alpha value is -1.24. The standard InChI is InChI=1S/C14H21N/c1-5-7-10-15(4)14-9-8-12(3)11-13(14)6-2/h5,8-9,11H,1,6-7,10H2,2-4H3. The zero-order chi connectivity index (χ0) is 11.3. The summed E-state index contributed by atoms with van der Waals surface area (Å²) in [7, 11) is 2.15. The van der Waals surface area contributed by atoms with Crippen LogP contribution in [0, 0.1) is 6.92 Å². The lowest BCUT2D eigenvalue weighted by molar-refractivity contribution is 0.888. The number of benzene rings is 1. The maximum absolute atomic E-state index is 3.76. The summed E-state index contributed by atoms with van der Waals surface area (Å²) in [6.07, 6.45) is 4.10. The van der Waals surface area contributed by atoms with Gasteiger partial charge in [0.2, 0.25) is 0 Å². The molecule has 0 unspecified atom stereocenters. The Balaban J connectivity index is 2.86. The molecule has 1 rings (SSSR count). The molecule has 0 atom stereocenters. The molecule has 0 aromatic heterocycles. The molecule has 0 aliphatic carbocycles. The highest BCUT2D eigenvalue weighted by atomic mass is 15.1. The summed E-state index contributed by atoms with van der Waals surface area (Å²) >= 11 is 0. The van der Waals surface area contributed by atoms with Gasteiger partial charge >= 0.3 is 0 Å². The van der Waals surface area contributed by atoms with Gasteiger partial charge in [-0.2, -0.15) is 0 Å². The summed E-state index contributed by atoms with van der Waals surface area (Å²) in [4.78, 5) is 2.31. The lowest BCUT2D eigenvalue weighted by atomic mass is 10.1. The number of nitrogens with zero attached hydrogens (tertiary/aromatic N) is 1. The van der Waals surface area contributed by atoms with E-state index in [1.807, 2.05) is 6.08 Å². The van der Waals surface area contributed by atoms with E-state index in [4.69, 9.17) is 0 Å². The Morgan fingerprint density at radius 2 is 2.13 bits per heavy atom. The van der Waals surface area contributed by atoms with E-state index in [1.165, 1.54) is 16.8 Å². The number of aryl methyl sites for hydroxylation is 2. The van der Waals surface area contributed by atoms with Crippen molar-refractivity contribution in [1.82, 2.24) is 0 Å². The number of hydrogen-bond donors (Lipinski definition) is 0. The minimum Gasteiger partial charge on any atom is -0.374 e. The number of hydrogen-bond acceptors (Lipinski definition) is 1. The van der Waals surface area contributed by atoms with Crippen LogP contribution in [-0.2, 0) is 6.42 Å². The molecule has 0 radical (unpaired) electrons. The normalized spacial score (nSPS) is 10.1. The van der Waals surface area contributed by atoms with Gasteiger partial charge in [0.05, 0.1) is 0 Å². The average Bonchev–Trinajstić information content (AvgIpc) is 2.25. The molecule has 0 heterocycles. The summed E-state index contributed by atoms with van der Waals surface area (Å²) < 4.78 is 0. The van der Waals surface area contributed by atoms with Gasteiger partial charge in [-0.25, -0.2) is 0 Å². The van der Waals surface area contributed by atoms with E-state index in [2.05, 4.69) is 50.6 Å². The van der Waals surface area contributed by atoms with Crippen molar-refractivity contribution in [3.8, 4) is 0 Å². The van der Waals surface area contributed by atoms with Crippen LogP contribution in [0.2, 0.25) is 0 Å². The van der Waals surface area contributed by atoms with Crippen molar-refractivity contribution in [2.24, 2.45) is 0 Å². The van der Waals surface area contributed by atoms with Crippen molar-refractivity contribution >= 4 is 5.69 Å². The van der Waals surface area contributed by atoms with E-state index in [-0.39, 0.29) is 0 Å². The van der Waals surface area contributed by atoms with Crippen LogP contribution in [0.4, 0.5) is 5.69 Å². The largest absolute Gasteiger partial charge is 0.374 e. The Kier molecular flexibility index (Phi) is 4.41. The topological polar surface area (TPSA) is 3.24 Å². The summed E-state index contributed by atoms with van der Waals surface area (Å²) in [6.45, 7) is 9.15.